The predicted octanol–water partition coefficient (Wildman–Crippen LogP) is 1.63. The molecule has 1 atom stereocenters. The van der Waals surface area contributed by atoms with Crippen molar-refractivity contribution in [1.29, 1.82) is 0 Å². The van der Waals surface area contributed by atoms with Crippen molar-refractivity contribution in [2.45, 2.75) is 31.9 Å². The number of hydrogen-bond donors (Lipinski definition) is 2. The lowest BCUT2D eigenvalue weighted by Crippen LogP contribution is -2.41. The molecular weight excluding hydrogens is 298 g/mol. The summed E-state index contributed by atoms with van der Waals surface area (Å²) >= 11 is 0. The molecule has 122 valence electrons. The molecule has 0 aliphatic heterocycles. The van der Waals surface area contributed by atoms with E-state index in [-0.39, 0.29) is 24.0 Å². The summed E-state index contributed by atoms with van der Waals surface area (Å²) in [6.45, 7) is 1.69. The van der Waals surface area contributed by atoms with Gasteiger partial charge < -0.3 is 19.7 Å². The summed E-state index contributed by atoms with van der Waals surface area (Å²) in [6, 6.07) is 3.41. The fourth-order valence-electron chi connectivity index (χ4n) is 2.81. The van der Waals surface area contributed by atoms with E-state index in [1.54, 1.807) is 26.3 Å². The van der Waals surface area contributed by atoms with Gasteiger partial charge in [0.2, 0.25) is 5.88 Å². The van der Waals surface area contributed by atoms with E-state index >= 15 is 0 Å². The van der Waals surface area contributed by atoms with E-state index in [1.165, 1.54) is 6.20 Å². The molecule has 2 N–H and O–H groups in total. The van der Waals surface area contributed by atoms with E-state index in [1.807, 2.05) is 6.07 Å². The van der Waals surface area contributed by atoms with Crippen LogP contribution < -0.4 is 10.1 Å². The Morgan fingerprint density at radius 1 is 1.43 bits per heavy atom. The van der Waals surface area contributed by atoms with Gasteiger partial charge in [0.15, 0.2) is 0 Å². The summed E-state index contributed by atoms with van der Waals surface area (Å²) in [5, 5.41) is 16.2. The number of amides is 1. The normalized spacial score (nSPS) is 21.3. The van der Waals surface area contributed by atoms with Crippen molar-refractivity contribution in [3.63, 3.8) is 0 Å². The van der Waals surface area contributed by atoms with Crippen LogP contribution in [0.2, 0.25) is 0 Å². The fraction of sp³-hybridized carbons (Fsp3) is 0.438. The maximum Gasteiger partial charge on any atom is 0.257 e. The first-order valence-corrected chi connectivity index (χ1v) is 7.48. The minimum Gasteiger partial charge on any atom is -0.481 e. The summed E-state index contributed by atoms with van der Waals surface area (Å²) in [5.74, 6) is 0.917. The summed E-state index contributed by atoms with van der Waals surface area (Å²) in [5.41, 5.74) is 1.29. The molecule has 0 saturated heterocycles. The number of methoxy groups -OCH3 is 1. The molecule has 23 heavy (non-hydrogen) atoms. The highest BCUT2D eigenvalue weighted by atomic mass is 16.5. The highest BCUT2D eigenvalue weighted by Gasteiger charge is 2.36. The number of pyridine rings is 1. The SMILES string of the molecule is COc1ccc(C(NC(=O)c2cnoc2C)C2CC(O)C2)cn1. The quantitative estimate of drug-likeness (QED) is 0.870. The topological polar surface area (TPSA) is 97.5 Å². The van der Waals surface area contributed by atoms with Gasteiger partial charge in [-0.2, -0.15) is 0 Å². The Labute approximate surface area is 133 Å². The van der Waals surface area contributed by atoms with E-state index in [0.717, 1.165) is 5.56 Å². The number of ether oxygens (including phenoxy) is 1. The standard InChI is InChI=1S/C16H19N3O4/c1-9-13(8-18-23-9)16(21)19-15(11-5-12(20)6-11)10-3-4-14(22-2)17-7-10/h3-4,7-8,11-12,15,20H,5-6H2,1-2H3,(H,19,21). The van der Waals surface area contributed by atoms with Crippen LogP contribution in [-0.4, -0.2) is 34.4 Å². The van der Waals surface area contributed by atoms with Gasteiger partial charge in [-0.15, -0.1) is 0 Å². The van der Waals surface area contributed by atoms with E-state index in [4.69, 9.17) is 9.26 Å². The number of carbonyl (C=O) groups excluding carboxylic acids is 1. The molecule has 2 heterocycles. The molecule has 0 bridgehead atoms. The van der Waals surface area contributed by atoms with Crippen LogP contribution in [0.4, 0.5) is 0 Å². The first-order valence-electron chi connectivity index (χ1n) is 7.48. The zero-order valence-electron chi connectivity index (χ0n) is 13.0. The molecule has 1 fully saturated rings. The molecule has 7 nitrogen and oxygen atoms in total. The van der Waals surface area contributed by atoms with E-state index in [2.05, 4.69) is 15.5 Å². The van der Waals surface area contributed by atoms with Gasteiger partial charge in [-0.25, -0.2) is 4.98 Å². The first kappa shape index (κ1) is 15.5. The molecule has 2 aromatic rings. The molecule has 0 radical (unpaired) electrons. The Morgan fingerprint density at radius 2 is 2.22 bits per heavy atom. The smallest absolute Gasteiger partial charge is 0.257 e. The predicted molar refractivity (Wildman–Crippen MR) is 81.0 cm³/mol. The van der Waals surface area contributed by atoms with Crippen LogP contribution in [0.5, 0.6) is 5.88 Å². The minimum absolute atomic E-state index is 0.171. The lowest BCUT2D eigenvalue weighted by atomic mass is 9.75. The molecule has 0 spiro atoms. The molecule has 1 aliphatic carbocycles. The monoisotopic (exact) mass is 317 g/mol. The third kappa shape index (κ3) is 3.19. The Morgan fingerprint density at radius 3 is 2.74 bits per heavy atom. The Balaban J connectivity index is 1.80. The van der Waals surface area contributed by atoms with E-state index in [9.17, 15) is 9.90 Å². The molecule has 0 aromatic carbocycles. The second-order valence-corrected chi connectivity index (χ2v) is 5.77. The van der Waals surface area contributed by atoms with Crippen LogP contribution in [0.25, 0.3) is 0 Å². The average molecular weight is 317 g/mol. The number of hydrogen-bond acceptors (Lipinski definition) is 6. The van der Waals surface area contributed by atoms with Crippen molar-refractivity contribution in [3.8, 4) is 5.88 Å². The molecule has 1 saturated carbocycles. The van der Waals surface area contributed by atoms with Crippen LogP contribution in [0.15, 0.2) is 29.0 Å². The molecule has 1 amide bonds. The van der Waals surface area contributed by atoms with Crippen LogP contribution in [0.1, 0.15) is 40.6 Å². The number of nitrogens with zero attached hydrogens (tertiary/aromatic N) is 2. The van der Waals surface area contributed by atoms with Crippen LogP contribution in [0, 0.1) is 12.8 Å². The van der Waals surface area contributed by atoms with Gasteiger partial charge in [0.25, 0.3) is 5.91 Å². The maximum atomic E-state index is 12.4. The molecule has 2 aromatic heterocycles. The molecule has 7 heteroatoms. The molecule has 1 unspecified atom stereocenters. The number of rotatable bonds is 5. The Hall–Kier alpha value is -2.41. The van der Waals surface area contributed by atoms with Gasteiger partial charge in [-0.05, 0) is 31.2 Å². The third-order valence-electron chi connectivity index (χ3n) is 4.23. The van der Waals surface area contributed by atoms with Gasteiger partial charge in [0.05, 0.1) is 25.5 Å². The van der Waals surface area contributed by atoms with Crippen molar-refractivity contribution in [2.24, 2.45) is 5.92 Å². The molecular formula is C16H19N3O4. The Kier molecular flexibility index (Phi) is 4.29. The zero-order valence-corrected chi connectivity index (χ0v) is 13.0. The van der Waals surface area contributed by atoms with Crippen molar-refractivity contribution in [1.82, 2.24) is 15.5 Å². The first-order chi connectivity index (χ1) is 11.1. The van der Waals surface area contributed by atoms with Crippen LogP contribution in [-0.2, 0) is 0 Å². The van der Waals surface area contributed by atoms with Gasteiger partial charge in [0, 0.05) is 12.3 Å². The van der Waals surface area contributed by atoms with Crippen LogP contribution in [0.3, 0.4) is 0 Å². The number of aryl methyl sites for hydroxylation is 1. The summed E-state index contributed by atoms with van der Waals surface area (Å²) in [6.07, 6.45) is 4.10. The van der Waals surface area contributed by atoms with Crippen molar-refractivity contribution in [3.05, 3.63) is 41.4 Å². The lowest BCUT2D eigenvalue weighted by Gasteiger charge is -2.38. The second-order valence-electron chi connectivity index (χ2n) is 5.77. The summed E-state index contributed by atoms with van der Waals surface area (Å²) in [7, 11) is 1.55. The Bertz CT molecular complexity index is 677. The number of carbonyl (C=O) groups is 1. The number of nitrogens with one attached hydrogen (secondary N) is 1. The highest BCUT2D eigenvalue weighted by molar-refractivity contribution is 5.95. The number of aliphatic hydroxyl groups is 1. The second kappa shape index (κ2) is 6.37. The minimum atomic E-state index is -0.303. The van der Waals surface area contributed by atoms with Gasteiger partial charge in [-0.1, -0.05) is 11.2 Å². The van der Waals surface area contributed by atoms with Crippen LogP contribution >= 0.6 is 0 Å². The number of aromatic nitrogens is 2. The van der Waals surface area contributed by atoms with Gasteiger partial charge >= 0.3 is 0 Å². The van der Waals surface area contributed by atoms with Crippen molar-refractivity contribution in [2.75, 3.05) is 7.11 Å². The highest BCUT2D eigenvalue weighted by Crippen LogP contribution is 2.38. The number of aliphatic hydroxyl groups excluding tert-OH is 1. The fourth-order valence-corrected chi connectivity index (χ4v) is 2.81. The van der Waals surface area contributed by atoms with Gasteiger partial charge in [0.1, 0.15) is 11.3 Å². The third-order valence-corrected chi connectivity index (χ3v) is 4.23. The lowest BCUT2D eigenvalue weighted by molar-refractivity contribution is 0.0234. The van der Waals surface area contributed by atoms with Crippen molar-refractivity contribution >= 4 is 5.91 Å². The van der Waals surface area contributed by atoms with E-state index in [0.29, 0.717) is 30.0 Å². The summed E-state index contributed by atoms with van der Waals surface area (Å²) < 4.78 is 10.0. The van der Waals surface area contributed by atoms with Gasteiger partial charge in [-0.3, -0.25) is 4.79 Å². The molecule has 3 rings (SSSR count). The molecule has 1 aliphatic rings. The average Bonchev–Trinajstić information content (AvgIpc) is 2.96. The largest absolute Gasteiger partial charge is 0.481 e. The van der Waals surface area contributed by atoms with E-state index < -0.39 is 0 Å². The maximum absolute atomic E-state index is 12.4. The zero-order chi connectivity index (χ0) is 16.4. The van der Waals surface area contributed by atoms with Crippen molar-refractivity contribution < 1.29 is 19.2 Å². The summed E-state index contributed by atoms with van der Waals surface area (Å²) in [4.78, 5) is 16.6.